The number of aryl methyl sites for hydroxylation is 2. The quantitative estimate of drug-likeness (QED) is 0.517. The zero-order valence-electron chi connectivity index (χ0n) is 20.8. The van der Waals surface area contributed by atoms with E-state index in [0.29, 0.717) is 44.5 Å². The molecule has 1 aliphatic heterocycles. The molecule has 0 atom stereocenters. The van der Waals surface area contributed by atoms with Crippen molar-refractivity contribution in [1.29, 1.82) is 0 Å². The van der Waals surface area contributed by atoms with Gasteiger partial charge in [-0.2, -0.15) is 0 Å². The molecule has 35 heavy (non-hydrogen) atoms. The van der Waals surface area contributed by atoms with Crippen molar-refractivity contribution >= 4 is 11.8 Å². The Bertz CT molecular complexity index is 1130. The van der Waals surface area contributed by atoms with Crippen LogP contribution in [0.4, 0.5) is 0 Å². The van der Waals surface area contributed by atoms with Gasteiger partial charge in [-0.1, -0.05) is 61.5 Å². The lowest BCUT2D eigenvalue weighted by Gasteiger charge is -2.41. The number of amides is 2. The monoisotopic (exact) mass is 469 g/mol. The Hall–Kier alpha value is -3.47. The summed E-state index contributed by atoms with van der Waals surface area (Å²) in [5.41, 5.74) is 4.68. The van der Waals surface area contributed by atoms with E-state index >= 15 is 0 Å². The molecule has 4 rings (SSSR count). The number of aromatic nitrogens is 1. The number of nitrogens with one attached hydrogen (secondary N) is 1. The Labute approximate surface area is 208 Å². The number of carbonyl (C=O) groups excluding carboxylic acids is 2. The number of nitrogens with zero attached hydrogens (tertiary/aromatic N) is 2. The van der Waals surface area contributed by atoms with Crippen molar-refractivity contribution in [1.82, 2.24) is 15.2 Å². The normalized spacial score (nSPS) is 15.0. The van der Waals surface area contributed by atoms with Crippen LogP contribution in [0.1, 0.15) is 52.5 Å². The number of hydrogen-bond acceptors (Lipinski definition) is 3. The highest BCUT2D eigenvalue weighted by Gasteiger charge is 2.42. The van der Waals surface area contributed by atoms with Crippen molar-refractivity contribution in [2.75, 3.05) is 19.6 Å². The lowest BCUT2D eigenvalue weighted by atomic mass is 9.72. The average Bonchev–Trinajstić information content (AvgIpc) is 2.89. The molecule has 0 saturated carbocycles. The first kappa shape index (κ1) is 24.6. The molecule has 0 bridgehead atoms. The fraction of sp³-hybridized carbons (Fsp3) is 0.367. The predicted octanol–water partition coefficient (Wildman–Crippen LogP) is 4.78. The highest BCUT2D eigenvalue weighted by Crippen LogP contribution is 2.36. The van der Waals surface area contributed by atoms with Crippen LogP contribution in [0.2, 0.25) is 0 Å². The van der Waals surface area contributed by atoms with Crippen molar-refractivity contribution < 1.29 is 9.59 Å². The van der Waals surface area contributed by atoms with Gasteiger partial charge >= 0.3 is 0 Å². The molecule has 0 spiro atoms. The summed E-state index contributed by atoms with van der Waals surface area (Å²) in [5.74, 6) is 0.109. The molecular weight excluding hydrogens is 434 g/mol. The van der Waals surface area contributed by atoms with E-state index in [-0.39, 0.29) is 11.8 Å². The second-order valence-electron chi connectivity index (χ2n) is 9.60. The van der Waals surface area contributed by atoms with Crippen molar-refractivity contribution in [3.05, 3.63) is 101 Å². The average molecular weight is 470 g/mol. The molecule has 182 valence electrons. The number of likely N-dealkylation sites (tertiary alicyclic amines) is 1. The minimum atomic E-state index is -0.516. The molecule has 2 amide bonds. The Morgan fingerprint density at radius 2 is 1.63 bits per heavy atom. The van der Waals surface area contributed by atoms with Crippen molar-refractivity contribution in [3.8, 4) is 0 Å². The summed E-state index contributed by atoms with van der Waals surface area (Å²) in [7, 11) is 0. The van der Waals surface area contributed by atoms with Crippen molar-refractivity contribution in [2.45, 2.75) is 46.0 Å². The maximum Gasteiger partial charge on any atom is 0.253 e. The molecule has 1 fully saturated rings. The fourth-order valence-corrected chi connectivity index (χ4v) is 4.92. The molecule has 2 aromatic carbocycles. The fourth-order valence-electron chi connectivity index (χ4n) is 4.92. The summed E-state index contributed by atoms with van der Waals surface area (Å²) in [5, 5.41) is 3.22. The first-order valence-corrected chi connectivity index (χ1v) is 12.6. The summed E-state index contributed by atoms with van der Waals surface area (Å²) in [6.45, 7) is 5.79. The molecule has 0 unspecified atom stereocenters. The minimum Gasteiger partial charge on any atom is -0.355 e. The number of benzene rings is 2. The van der Waals surface area contributed by atoms with Crippen LogP contribution in [0.25, 0.3) is 0 Å². The number of piperidine rings is 1. The lowest BCUT2D eigenvalue weighted by Crippen LogP contribution is -2.51. The molecule has 0 radical (unpaired) electrons. The number of rotatable bonds is 8. The summed E-state index contributed by atoms with van der Waals surface area (Å²) in [6.07, 6.45) is 5.49. The van der Waals surface area contributed by atoms with Gasteiger partial charge in [-0.05, 0) is 67.9 Å². The second kappa shape index (κ2) is 11.3. The number of carbonyl (C=O) groups is 2. The second-order valence-corrected chi connectivity index (χ2v) is 9.60. The number of pyridine rings is 1. The topological polar surface area (TPSA) is 62.3 Å². The first-order chi connectivity index (χ1) is 17.0. The van der Waals surface area contributed by atoms with Crippen molar-refractivity contribution in [2.24, 2.45) is 5.41 Å². The van der Waals surface area contributed by atoms with Crippen LogP contribution in [0, 0.1) is 12.3 Å². The Balaban J connectivity index is 1.43. The van der Waals surface area contributed by atoms with Gasteiger partial charge < -0.3 is 10.2 Å². The van der Waals surface area contributed by atoms with Crippen LogP contribution >= 0.6 is 0 Å². The molecule has 1 aromatic heterocycles. The van der Waals surface area contributed by atoms with Crippen LogP contribution in [-0.2, 0) is 24.1 Å². The standard InChI is InChI=1S/C30H35N3O2/c1-3-24-9-11-25(12-10-24)13-17-32-29(35)30(22-26-7-5-4-6-8-26)15-19-33(20-16-30)28(34)27-14-18-31-23(2)21-27/h4-12,14,18,21H,3,13,15-17,19-20,22H2,1-2H3,(H,32,35). The molecule has 0 aliphatic carbocycles. The third kappa shape index (κ3) is 6.16. The van der Waals surface area contributed by atoms with Gasteiger partial charge in [-0.3, -0.25) is 14.6 Å². The van der Waals surface area contributed by atoms with Crippen LogP contribution in [0.3, 0.4) is 0 Å². The third-order valence-electron chi connectivity index (χ3n) is 7.15. The van der Waals surface area contributed by atoms with Gasteiger partial charge in [0.25, 0.3) is 5.91 Å². The van der Waals surface area contributed by atoms with E-state index < -0.39 is 5.41 Å². The smallest absolute Gasteiger partial charge is 0.253 e. The van der Waals surface area contributed by atoms with Crippen molar-refractivity contribution in [3.63, 3.8) is 0 Å². The summed E-state index contributed by atoms with van der Waals surface area (Å²) in [4.78, 5) is 32.7. The van der Waals surface area contributed by atoms with E-state index in [2.05, 4.69) is 53.6 Å². The van der Waals surface area contributed by atoms with Gasteiger partial charge in [-0.15, -0.1) is 0 Å². The predicted molar refractivity (Wildman–Crippen MR) is 139 cm³/mol. The van der Waals surface area contributed by atoms with Gasteiger partial charge in [0.1, 0.15) is 0 Å². The number of hydrogen-bond donors (Lipinski definition) is 1. The summed E-state index contributed by atoms with van der Waals surface area (Å²) < 4.78 is 0. The highest BCUT2D eigenvalue weighted by atomic mass is 16.2. The van der Waals surface area contributed by atoms with Gasteiger partial charge in [-0.25, -0.2) is 0 Å². The molecule has 5 nitrogen and oxygen atoms in total. The molecule has 2 heterocycles. The van der Waals surface area contributed by atoms with Gasteiger partial charge in [0.05, 0.1) is 5.41 Å². The molecule has 3 aromatic rings. The molecule has 1 N–H and O–H groups in total. The maximum atomic E-state index is 13.6. The molecule has 1 saturated heterocycles. The molecule has 5 heteroatoms. The highest BCUT2D eigenvalue weighted by molar-refractivity contribution is 5.94. The summed E-state index contributed by atoms with van der Waals surface area (Å²) >= 11 is 0. The Kier molecular flexibility index (Phi) is 7.96. The largest absolute Gasteiger partial charge is 0.355 e. The van der Waals surface area contributed by atoms with Crippen LogP contribution in [0.5, 0.6) is 0 Å². The van der Waals surface area contributed by atoms with E-state index in [0.717, 1.165) is 24.1 Å². The third-order valence-corrected chi connectivity index (χ3v) is 7.15. The Morgan fingerprint density at radius 1 is 0.943 bits per heavy atom. The van der Waals surface area contributed by atoms with E-state index in [1.54, 1.807) is 12.3 Å². The van der Waals surface area contributed by atoms with Crippen LogP contribution < -0.4 is 5.32 Å². The van der Waals surface area contributed by atoms with E-state index in [1.807, 2.05) is 36.1 Å². The zero-order valence-corrected chi connectivity index (χ0v) is 20.8. The minimum absolute atomic E-state index is 0.0137. The lowest BCUT2D eigenvalue weighted by molar-refractivity contribution is -0.133. The molecular formula is C30H35N3O2. The SMILES string of the molecule is CCc1ccc(CCNC(=O)C2(Cc3ccccc3)CCN(C(=O)c3ccnc(C)c3)CC2)cc1. The van der Waals surface area contributed by atoms with E-state index in [4.69, 9.17) is 0 Å². The van der Waals surface area contributed by atoms with Crippen LogP contribution in [0.15, 0.2) is 72.9 Å². The first-order valence-electron chi connectivity index (χ1n) is 12.6. The molecule has 1 aliphatic rings. The Morgan fingerprint density at radius 3 is 2.29 bits per heavy atom. The van der Waals surface area contributed by atoms with Crippen LogP contribution in [-0.4, -0.2) is 41.3 Å². The van der Waals surface area contributed by atoms with Gasteiger partial charge in [0, 0.05) is 37.1 Å². The van der Waals surface area contributed by atoms with Gasteiger partial charge in [0.2, 0.25) is 5.91 Å². The van der Waals surface area contributed by atoms with E-state index in [1.165, 1.54) is 11.1 Å². The van der Waals surface area contributed by atoms with Gasteiger partial charge in [0.15, 0.2) is 0 Å². The zero-order chi connectivity index (χ0) is 24.7. The maximum absolute atomic E-state index is 13.6. The summed E-state index contributed by atoms with van der Waals surface area (Å²) in [6, 6.07) is 22.4. The van der Waals surface area contributed by atoms with E-state index in [9.17, 15) is 9.59 Å².